The van der Waals surface area contributed by atoms with Crippen LogP contribution < -0.4 is 4.74 Å². The molecule has 0 heterocycles. The minimum atomic E-state index is -0.511. The second-order valence-electron chi connectivity index (χ2n) is 3.91. The van der Waals surface area contributed by atoms with Crippen LogP contribution in [-0.4, -0.2) is 25.4 Å². The van der Waals surface area contributed by atoms with Crippen LogP contribution in [0.2, 0.25) is 5.02 Å². The first kappa shape index (κ1) is 14.3. The summed E-state index contributed by atoms with van der Waals surface area (Å²) >= 11 is 6.05. The average Bonchev–Trinajstić information content (AvgIpc) is 2.30. The molecule has 1 atom stereocenters. The molecule has 17 heavy (non-hydrogen) atoms. The van der Waals surface area contributed by atoms with Gasteiger partial charge in [0.15, 0.2) is 0 Å². The predicted octanol–water partition coefficient (Wildman–Crippen LogP) is 3.20. The van der Waals surface area contributed by atoms with Gasteiger partial charge in [-0.25, -0.2) is 0 Å². The van der Waals surface area contributed by atoms with Gasteiger partial charge in [-0.3, -0.25) is 0 Å². The maximum atomic E-state index is 9.40. The second kappa shape index (κ2) is 7.54. The lowest BCUT2D eigenvalue weighted by atomic mass is 10.1. The van der Waals surface area contributed by atoms with Gasteiger partial charge in [0, 0.05) is 13.7 Å². The van der Waals surface area contributed by atoms with Gasteiger partial charge in [-0.05, 0) is 37.5 Å². The Hall–Kier alpha value is -0.770. The zero-order valence-corrected chi connectivity index (χ0v) is 11.0. The van der Waals surface area contributed by atoms with Crippen molar-refractivity contribution in [1.29, 1.82) is 0 Å². The minimum absolute atomic E-state index is 0.511. The molecule has 0 aliphatic rings. The highest BCUT2D eigenvalue weighted by molar-refractivity contribution is 6.32. The first-order valence-electron chi connectivity index (χ1n) is 5.74. The molecule has 0 fully saturated rings. The number of rotatable bonds is 7. The maximum absolute atomic E-state index is 9.40. The Balaban J connectivity index is 2.43. The van der Waals surface area contributed by atoms with E-state index >= 15 is 0 Å². The van der Waals surface area contributed by atoms with Crippen molar-refractivity contribution in [2.24, 2.45) is 0 Å². The molecule has 0 aliphatic heterocycles. The van der Waals surface area contributed by atoms with Gasteiger partial charge < -0.3 is 14.6 Å². The molecule has 0 spiro atoms. The largest absolute Gasteiger partial charge is 0.492 e. The van der Waals surface area contributed by atoms with Crippen molar-refractivity contribution in [3.8, 4) is 5.75 Å². The Morgan fingerprint density at radius 3 is 2.59 bits per heavy atom. The summed E-state index contributed by atoms with van der Waals surface area (Å²) in [5, 5.41) is 9.94. The molecule has 1 aromatic carbocycles. The summed E-state index contributed by atoms with van der Waals surface area (Å²) in [6.45, 7) is 3.08. The average molecular weight is 259 g/mol. The topological polar surface area (TPSA) is 38.7 Å². The van der Waals surface area contributed by atoms with Gasteiger partial charge in [-0.15, -0.1) is 0 Å². The van der Waals surface area contributed by atoms with Crippen molar-refractivity contribution >= 4 is 11.6 Å². The van der Waals surface area contributed by atoms with Gasteiger partial charge in [0.1, 0.15) is 5.75 Å². The van der Waals surface area contributed by atoms with Crippen LogP contribution in [-0.2, 0) is 4.74 Å². The standard InChI is InChI=1S/C13H19ClO3/c1-10(15)11-5-6-13(12(14)9-11)17-8-4-3-7-16-2/h5-6,9-10,15H,3-4,7-8H2,1-2H3/t10-/m1/s1. The van der Waals surface area contributed by atoms with E-state index < -0.39 is 6.10 Å². The number of benzene rings is 1. The fourth-order valence-corrected chi connectivity index (χ4v) is 1.67. The van der Waals surface area contributed by atoms with Crippen LogP contribution in [0, 0.1) is 0 Å². The molecule has 0 saturated carbocycles. The summed E-state index contributed by atoms with van der Waals surface area (Å²) in [6, 6.07) is 5.35. The molecule has 1 aromatic rings. The Morgan fingerprint density at radius 2 is 2.00 bits per heavy atom. The molecule has 0 radical (unpaired) electrons. The number of aliphatic hydroxyl groups excluding tert-OH is 1. The van der Waals surface area contributed by atoms with Crippen LogP contribution in [0.5, 0.6) is 5.75 Å². The fraction of sp³-hybridized carbons (Fsp3) is 0.538. The van der Waals surface area contributed by atoms with Crippen LogP contribution in [0.1, 0.15) is 31.4 Å². The van der Waals surface area contributed by atoms with Crippen LogP contribution >= 0.6 is 11.6 Å². The number of aliphatic hydroxyl groups is 1. The van der Waals surface area contributed by atoms with E-state index in [0.717, 1.165) is 25.0 Å². The van der Waals surface area contributed by atoms with E-state index in [4.69, 9.17) is 21.1 Å². The third kappa shape index (κ3) is 4.94. The first-order chi connectivity index (χ1) is 8.15. The molecule has 0 amide bonds. The summed E-state index contributed by atoms with van der Waals surface area (Å²) in [5.41, 5.74) is 0.793. The quantitative estimate of drug-likeness (QED) is 0.764. The van der Waals surface area contributed by atoms with Crippen LogP contribution in [0.25, 0.3) is 0 Å². The minimum Gasteiger partial charge on any atom is -0.492 e. The van der Waals surface area contributed by atoms with E-state index in [0.29, 0.717) is 17.4 Å². The van der Waals surface area contributed by atoms with E-state index in [9.17, 15) is 5.11 Å². The Labute approximate surface area is 107 Å². The maximum Gasteiger partial charge on any atom is 0.137 e. The molecule has 0 aromatic heterocycles. The molecule has 96 valence electrons. The van der Waals surface area contributed by atoms with Gasteiger partial charge in [-0.2, -0.15) is 0 Å². The molecule has 3 nitrogen and oxygen atoms in total. The summed E-state index contributed by atoms with van der Waals surface area (Å²) in [5.74, 6) is 0.661. The Morgan fingerprint density at radius 1 is 1.29 bits per heavy atom. The monoisotopic (exact) mass is 258 g/mol. The number of hydrogen-bond acceptors (Lipinski definition) is 3. The Kier molecular flexibility index (Phi) is 6.34. The van der Waals surface area contributed by atoms with Crippen molar-refractivity contribution in [3.63, 3.8) is 0 Å². The van der Waals surface area contributed by atoms with Gasteiger partial charge in [0.25, 0.3) is 0 Å². The predicted molar refractivity (Wildman–Crippen MR) is 68.7 cm³/mol. The van der Waals surface area contributed by atoms with Crippen molar-refractivity contribution in [2.75, 3.05) is 20.3 Å². The van der Waals surface area contributed by atoms with E-state index in [2.05, 4.69) is 0 Å². The third-order valence-electron chi connectivity index (χ3n) is 2.44. The van der Waals surface area contributed by atoms with E-state index in [1.165, 1.54) is 0 Å². The fourth-order valence-electron chi connectivity index (χ4n) is 1.42. The second-order valence-corrected chi connectivity index (χ2v) is 4.32. The number of halogens is 1. The SMILES string of the molecule is COCCCCOc1ccc([C@@H](C)O)cc1Cl. The zero-order valence-electron chi connectivity index (χ0n) is 10.3. The van der Waals surface area contributed by atoms with Crippen LogP contribution in [0.3, 0.4) is 0 Å². The van der Waals surface area contributed by atoms with E-state index in [1.807, 2.05) is 6.07 Å². The van der Waals surface area contributed by atoms with Gasteiger partial charge >= 0.3 is 0 Å². The van der Waals surface area contributed by atoms with E-state index in [1.54, 1.807) is 26.2 Å². The van der Waals surface area contributed by atoms with Crippen molar-refractivity contribution < 1.29 is 14.6 Å². The molecule has 0 unspecified atom stereocenters. The molecule has 0 saturated heterocycles. The van der Waals surface area contributed by atoms with Crippen LogP contribution in [0.15, 0.2) is 18.2 Å². The van der Waals surface area contributed by atoms with E-state index in [-0.39, 0.29) is 0 Å². The number of ether oxygens (including phenoxy) is 2. The molecule has 4 heteroatoms. The molecule has 0 aliphatic carbocycles. The smallest absolute Gasteiger partial charge is 0.137 e. The van der Waals surface area contributed by atoms with Crippen LogP contribution in [0.4, 0.5) is 0 Å². The Bertz CT molecular complexity index is 339. The highest BCUT2D eigenvalue weighted by Crippen LogP contribution is 2.27. The lowest BCUT2D eigenvalue weighted by Crippen LogP contribution is -2.00. The first-order valence-corrected chi connectivity index (χ1v) is 6.12. The number of unbranched alkanes of at least 4 members (excludes halogenated alkanes) is 1. The number of methoxy groups -OCH3 is 1. The van der Waals surface area contributed by atoms with Gasteiger partial charge in [-0.1, -0.05) is 17.7 Å². The highest BCUT2D eigenvalue weighted by atomic mass is 35.5. The third-order valence-corrected chi connectivity index (χ3v) is 2.73. The molecule has 1 rings (SSSR count). The molecular formula is C13H19ClO3. The molecule has 1 N–H and O–H groups in total. The number of hydrogen-bond donors (Lipinski definition) is 1. The summed E-state index contributed by atoms with van der Waals surface area (Å²) < 4.78 is 10.5. The lowest BCUT2D eigenvalue weighted by molar-refractivity contribution is 0.184. The lowest BCUT2D eigenvalue weighted by Gasteiger charge is -2.10. The molecule has 0 bridgehead atoms. The normalized spacial score (nSPS) is 12.5. The van der Waals surface area contributed by atoms with Crippen molar-refractivity contribution in [2.45, 2.75) is 25.9 Å². The van der Waals surface area contributed by atoms with Gasteiger partial charge in [0.2, 0.25) is 0 Å². The zero-order chi connectivity index (χ0) is 12.7. The highest BCUT2D eigenvalue weighted by Gasteiger charge is 2.06. The summed E-state index contributed by atoms with van der Waals surface area (Å²) in [7, 11) is 1.69. The molecular weight excluding hydrogens is 240 g/mol. The van der Waals surface area contributed by atoms with Crippen molar-refractivity contribution in [1.82, 2.24) is 0 Å². The summed E-state index contributed by atoms with van der Waals surface area (Å²) in [6.07, 6.45) is 1.39. The van der Waals surface area contributed by atoms with Crippen molar-refractivity contribution in [3.05, 3.63) is 28.8 Å². The summed E-state index contributed by atoms with van der Waals surface area (Å²) in [4.78, 5) is 0. The van der Waals surface area contributed by atoms with Gasteiger partial charge in [0.05, 0.1) is 17.7 Å².